The first-order valence-electron chi connectivity index (χ1n) is 11.0. The molecular formula is C25H24N4O2S2. The first kappa shape index (κ1) is 21.9. The van der Waals surface area contributed by atoms with Gasteiger partial charge in [-0.2, -0.15) is 0 Å². The lowest BCUT2D eigenvalue weighted by Gasteiger charge is -2.23. The Kier molecular flexibility index (Phi) is 5.80. The molecule has 0 N–H and O–H groups in total. The molecule has 1 aromatic carbocycles. The van der Waals surface area contributed by atoms with Gasteiger partial charge in [-0.05, 0) is 50.0 Å². The van der Waals surface area contributed by atoms with E-state index in [1.54, 1.807) is 21.6 Å². The molecule has 33 heavy (non-hydrogen) atoms. The molecule has 1 amide bonds. The van der Waals surface area contributed by atoms with Gasteiger partial charge >= 0.3 is 0 Å². The van der Waals surface area contributed by atoms with Crippen molar-refractivity contribution in [2.75, 3.05) is 18.0 Å². The number of rotatable bonds is 4. The standard InChI is InChI=1S/C25H24N4O2S2/c1-16-9-8-14-28-21(16)26-22(27-12-6-7-13-27)19(23(28)30)15-20-24(31)29(25(32)33-20)17(2)18-10-4-3-5-11-18/h3-5,8-11,14-15,17H,6-7,12-13H2,1-2H3/b20-15-/t17-/m0/s1. The third kappa shape index (κ3) is 3.87. The lowest BCUT2D eigenvalue weighted by Crippen LogP contribution is -2.31. The lowest BCUT2D eigenvalue weighted by molar-refractivity contribution is -0.123. The molecule has 0 unspecified atom stereocenters. The van der Waals surface area contributed by atoms with Crippen LogP contribution in [0.25, 0.3) is 11.7 Å². The minimum Gasteiger partial charge on any atom is -0.356 e. The van der Waals surface area contributed by atoms with Crippen molar-refractivity contribution in [1.29, 1.82) is 0 Å². The summed E-state index contributed by atoms with van der Waals surface area (Å²) in [5, 5.41) is 0. The number of pyridine rings is 1. The van der Waals surface area contributed by atoms with E-state index in [0.717, 1.165) is 37.1 Å². The SMILES string of the molecule is Cc1cccn2c(=O)c(/C=C3\SC(=S)N([C@@H](C)c4ccccc4)C3=O)c(N3CCCC3)nc12. The molecule has 2 fully saturated rings. The zero-order chi connectivity index (χ0) is 23.1. The Bertz CT molecular complexity index is 1340. The molecule has 5 rings (SSSR count). The van der Waals surface area contributed by atoms with Crippen molar-refractivity contribution >= 4 is 51.7 Å². The van der Waals surface area contributed by atoms with E-state index in [-0.39, 0.29) is 17.5 Å². The van der Waals surface area contributed by atoms with E-state index in [4.69, 9.17) is 17.2 Å². The number of thioether (sulfide) groups is 1. The molecule has 2 saturated heterocycles. The third-order valence-electron chi connectivity index (χ3n) is 6.24. The van der Waals surface area contributed by atoms with Crippen molar-refractivity contribution in [2.24, 2.45) is 0 Å². The van der Waals surface area contributed by atoms with E-state index in [1.165, 1.54) is 11.8 Å². The maximum atomic E-state index is 13.6. The van der Waals surface area contributed by atoms with E-state index in [1.807, 2.05) is 56.3 Å². The molecule has 2 aliphatic heterocycles. The minimum atomic E-state index is -0.193. The van der Waals surface area contributed by atoms with Crippen LogP contribution >= 0.6 is 24.0 Å². The predicted octanol–water partition coefficient (Wildman–Crippen LogP) is 4.57. The number of benzene rings is 1. The van der Waals surface area contributed by atoms with E-state index >= 15 is 0 Å². The Balaban J connectivity index is 1.61. The first-order valence-corrected chi connectivity index (χ1v) is 12.3. The van der Waals surface area contributed by atoms with Crippen LogP contribution in [0.3, 0.4) is 0 Å². The van der Waals surface area contributed by atoms with Crippen LogP contribution in [-0.2, 0) is 4.79 Å². The summed E-state index contributed by atoms with van der Waals surface area (Å²) >= 11 is 6.81. The maximum absolute atomic E-state index is 13.6. The second kappa shape index (κ2) is 8.76. The van der Waals surface area contributed by atoms with E-state index in [2.05, 4.69) is 4.90 Å². The van der Waals surface area contributed by atoms with Gasteiger partial charge in [0.25, 0.3) is 11.5 Å². The van der Waals surface area contributed by atoms with Gasteiger partial charge in [0.15, 0.2) is 0 Å². The van der Waals surface area contributed by atoms with Crippen LogP contribution in [-0.4, -0.2) is 37.6 Å². The van der Waals surface area contributed by atoms with E-state index in [0.29, 0.717) is 26.3 Å². The summed E-state index contributed by atoms with van der Waals surface area (Å²) in [5.74, 6) is 0.468. The number of carbonyl (C=O) groups excluding carboxylic acids is 1. The number of aromatic nitrogens is 2. The molecule has 8 heteroatoms. The van der Waals surface area contributed by atoms with Crippen molar-refractivity contribution in [3.63, 3.8) is 0 Å². The summed E-state index contributed by atoms with van der Waals surface area (Å²) in [6.07, 6.45) is 5.54. The number of amides is 1. The number of hydrogen-bond donors (Lipinski definition) is 0. The smallest absolute Gasteiger partial charge is 0.267 e. The zero-order valence-electron chi connectivity index (χ0n) is 18.5. The topological polar surface area (TPSA) is 57.9 Å². The monoisotopic (exact) mass is 476 g/mol. The molecule has 6 nitrogen and oxygen atoms in total. The van der Waals surface area contributed by atoms with Crippen molar-refractivity contribution < 1.29 is 4.79 Å². The quantitative estimate of drug-likeness (QED) is 0.406. The number of nitrogens with zero attached hydrogens (tertiary/aromatic N) is 4. The highest BCUT2D eigenvalue weighted by molar-refractivity contribution is 8.26. The summed E-state index contributed by atoms with van der Waals surface area (Å²) in [7, 11) is 0. The van der Waals surface area contributed by atoms with Crippen LogP contribution < -0.4 is 10.5 Å². The fraction of sp³-hybridized carbons (Fsp3) is 0.280. The predicted molar refractivity (Wildman–Crippen MR) is 138 cm³/mol. The molecule has 0 aliphatic carbocycles. The van der Waals surface area contributed by atoms with Gasteiger partial charge in [-0.1, -0.05) is 60.4 Å². The highest BCUT2D eigenvalue weighted by Gasteiger charge is 2.36. The van der Waals surface area contributed by atoms with Gasteiger partial charge in [0.2, 0.25) is 0 Å². The van der Waals surface area contributed by atoms with Gasteiger partial charge in [0.1, 0.15) is 15.8 Å². The normalized spacial score (nSPS) is 18.7. The largest absolute Gasteiger partial charge is 0.356 e. The molecule has 0 saturated carbocycles. The highest BCUT2D eigenvalue weighted by Crippen LogP contribution is 2.38. The first-order chi connectivity index (χ1) is 16.0. The van der Waals surface area contributed by atoms with Gasteiger partial charge in [-0.3, -0.25) is 18.9 Å². The Hall–Kier alpha value is -2.97. The third-order valence-corrected chi connectivity index (χ3v) is 7.57. The Morgan fingerprint density at radius 1 is 1.09 bits per heavy atom. The van der Waals surface area contributed by atoms with Crippen LogP contribution in [0, 0.1) is 6.92 Å². The second-order valence-corrected chi connectivity index (χ2v) is 10.0. The molecule has 1 atom stereocenters. The summed E-state index contributed by atoms with van der Waals surface area (Å²) in [6.45, 7) is 5.61. The van der Waals surface area contributed by atoms with Gasteiger partial charge in [-0.15, -0.1) is 0 Å². The van der Waals surface area contributed by atoms with Gasteiger partial charge in [0.05, 0.1) is 16.5 Å². The molecule has 4 heterocycles. The summed E-state index contributed by atoms with van der Waals surface area (Å²) in [4.78, 5) is 36.1. The lowest BCUT2D eigenvalue weighted by atomic mass is 10.1. The molecule has 2 aromatic heterocycles. The number of fused-ring (bicyclic) bond motifs is 1. The van der Waals surface area contributed by atoms with Crippen LogP contribution in [0.1, 0.15) is 42.5 Å². The number of hydrogen-bond acceptors (Lipinski definition) is 6. The van der Waals surface area contributed by atoms with Gasteiger partial charge in [-0.25, -0.2) is 4.98 Å². The summed E-state index contributed by atoms with van der Waals surface area (Å²) in [5.41, 5.74) is 2.85. The van der Waals surface area contributed by atoms with Gasteiger partial charge in [0, 0.05) is 19.3 Å². The number of anilines is 1. The van der Waals surface area contributed by atoms with E-state index in [9.17, 15) is 9.59 Å². The second-order valence-electron chi connectivity index (χ2n) is 8.37. The number of carbonyl (C=O) groups is 1. The molecule has 0 radical (unpaired) electrons. The molecule has 0 bridgehead atoms. The van der Waals surface area contributed by atoms with E-state index < -0.39 is 0 Å². The fourth-order valence-electron chi connectivity index (χ4n) is 4.42. The van der Waals surface area contributed by atoms with Crippen LogP contribution in [0.15, 0.2) is 58.4 Å². The summed E-state index contributed by atoms with van der Waals surface area (Å²) in [6, 6.07) is 13.4. The fourth-order valence-corrected chi connectivity index (χ4v) is 5.82. The Morgan fingerprint density at radius 2 is 1.82 bits per heavy atom. The molecule has 2 aliphatic rings. The highest BCUT2D eigenvalue weighted by atomic mass is 32.2. The number of thiocarbonyl (C=S) groups is 1. The maximum Gasteiger partial charge on any atom is 0.267 e. The van der Waals surface area contributed by atoms with Crippen LogP contribution in [0.5, 0.6) is 0 Å². The Morgan fingerprint density at radius 3 is 2.55 bits per heavy atom. The Labute approximate surface area is 201 Å². The molecular weight excluding hydrogens is 452 g/mol. The molecule has 3 aromatic rings. The van der Waals surface area contributed by atoms with Crippen LogP contribution in [0.4, 0.5) is 5.82 Å². The van der Waals surface area contributed by atoms with Crippen molar-refractivity contribution in [3.8, 4) is 0 Å². The van der Waals surface area contributed by atoms with Crippen molar-refractivity contribution in [1.82, 2.24) is 14.3 Å². The molecule has 0 spiro atoms. The number of aryl methyl sites for hydroxylation is 1. The average molecular weight is 477 g/mol. The summed E-state index contributed by atoms with van der Waals surface area (Å²) < 4.78 is 2.06. The van der Waals surface area contributed by atoms with Gasteiger partial charge < -0.3 is 4.90 Å². The van der Waals surface area contributed by atoms with Crippen molar-refractivity contribution in [2.45, 2.75) is 32.7 Å². The zero-order valence-corrected chi connectivity index (χ0v) is 20.2. The molecule has 168 valence electrons. The minimum absolute atomic E-state index is 0.174. The average Bonchev–Trinajstić information content (AvgIpc) is 3.44. The van der Waals surface area contributed by atoms with Crippen molar-refractivity contribution in [3.05, 3.63) is 80.6 Å². The van der Waals surface area contributed by atoms with Crippen LogP contribution in [0.2, 0.25) is 0 Å².